The Morgan fingerprint density at radius 3 is 2.46 bits per heavy atom. The third-order valence-electron chi connectivity index (χ3n) is 4.87. The van der Waals surface area contributed by atoms with Crippen molar-refractivity contribution in [1.29, 1.82) is 0 Å². The molecule has 142 valence electrons. The molecule has 5 heteroatoms. The molecule has 1 fully saturated rings. The molecule has 0 atom stereocenters. The second-order valence-electron chi connectivity index (χ2n) is 7.11. The lowest BCUT2D eigenvalue weighted by Crippen LogP contribution is -2.25. The summed E-state index contributed by atoms with van der Waals surface area (Å²) in [4.78, 5) is 27.1. The highest BCUT2D eigenvalue weighted by atomic mass is 32.1. The van der Waals surface area contributed by atoms with E-state index in [1.807, 2.05) is 43.4 Å². The Morgan fingerprint density at radius 1 is 1.00 bits per heavy atom. The van der Waals surface area contributed by atoms with Crippen LogP contribution in [0.4, 0.5) is 5.00 Å². The summed E-state index contributed by atoms with van der Waals surface area (Å²) in [5, 5.41) is 3.64. The van der Waals surface area contributed by atoms with Gasteiger partial charge in [-0.3, -0.25) is 9.59 Å². The first-order valence-corrected chi connectivity index (χ1v) is 10.2. The molecule has 0 radical (unpaired) electrons. The van der Waals surface area contributed by atoms with Crippen molar-refractivity contribution in [3.8, 4) is 11.1 Å². The zero-order valence-electron chi connectivity index (χ0n) is 15.7. The molecule has 0 unspecified atom stereocenters. The second kappa shape index (κ2) is 7.98. The number of hydrogen-bond donors (Lipinski definition) is 1. The van der Waals surface area contributed by atoms with Crippen molar-refractivity contribution < 1.29 is 9.59 Å². The highest BCUT2D eigenvalue weighted by Crippen LogP contribution is 2.32. The minimum atomic E-state index is -0.0419. The highest BCUT2D eigenvalue weighted by Gasteiger charge is 2.30. The summed E-state index contributed by atoms with van der Waals surface area (Å²) in [6.45, 7) is 0.519. The molecule has 4 nitrogen and oxygen atoms in total. The summed E-state index contributed by atoms with van der Waals surface area (Å²) in [5.41, 5.74) is 3.37. The fourth-order valence-electron chi connectivity index (χ4n) is 3.16. The number of thiophene rings is 1. The minimum absolute atomic E-state index is 0.0419. The normalized spacial score (nSPS) is 13.2. The maximum absolute atomic E-state index is 12.9. The molecule has 3 aromatic rings. The smallest absolute Gasteiger partial charge is 0.264 e. The Balaban J connectivity index is 1.47. The molecular formula is C23H22N2O2S. The van der Waals surface area contributed by atoms with Crippen LogP contribution in [0, 0.1) is 5.92 Å². The second-order valence-corrected chi connectivity index (χ2v) is 8.20. The number of benzene rings is 2. The topological polar surface area (TPSA) is 49.4 Å². The number of rotatable bonds is 6. The van der Waals surface area contributed by atoms with Gasteiger partial charge in [0.1, 0.15) is 0 Å². The van der Waals surface area contributed by atoms with E-state index in [0.717, 1.165) is 34.5 Å². The van der Waals surface area contributed by atoms with Crippen LogP contribution in [0.25, 0.3) is 11.1 Å². The Hall–Kier alpha value is -2.92. The van der Waals surface area contributed by atoms with Gasteiger partial charge in [0, 0.05) is 19.5 Å². The minimum Gasteiger partial charge on any atom is -0.337 e. The first-order valence-electron chi connectivity index (χ1n) is 9.41. The molecule has 1 aliphatic rings. The third kappa shape index (κ3) is 4.15. The van der Waals surface area contributed by atoms with Crippen LogP contribution in [0.1, 0.15) is 28.1 Å². The molecule has 4 rings (SSSR count). The van der Waals surface area contributed by atoms with E-state index in [9.17, 15) is 9.59 Å². The van der Waals surface area contributed by atoms with E-state index in [4.69, 9.17) is 0 Å². The average molecular weight is 391 g/mol. The highest BCUT2D eigenvalue weighted by molar-refractivity contribution is 7.18. The molecular weight excluding hydrogens is 368 g/mol. The van der Waals surface area contributed by atoms with Crippen LogP contribution in [0.2, 0.25) is 0 Å². The lowest BCUT2D eigenvalue weighted by Gasteiger charge is -2.19. The van der Waals surface area contributed by atoms with E-state index >= 15 is 0 Å². The van der Waals surface area contributed by atoms with E-state index in [2.05, 4.69) is 29.6 Å². The van der Waals surface area contributed by atoms with Crippen LogP contribution in [0.3, 0.4) is 0 Å². The summed E-state index contributed by atoms with van der Waals surface area (Å²) in [6.07, 6.45) is 1.93. The van der Waals surface area contributed by atoms with Crippen LogP contribution < -0.4 is 5.32 Å². The van der Waals surface area contributed by atoms with Gasteiger partial charge in [0.15, 0.2) is 0 Å². The van der Waals surface area contributed by atoms with Crippen molar-refractivity contribution in [2.75, 3.05) is 12.4 Å². The molecule has 1 N–H and O–H groups in total. The zero-order chi connectivity index (χ0) is 19.5. The number of carbonyl (C=O) groups is 2. The zero-order valence-corrected chi connectivity index (χ0v) is 16.5. The molecule has 1 heterocycles. The van der Waals surface area contributed by atoms with E-state index < -0.39 is 0 Å². The predicted molar refractivity (Wildman–Crippen MR) is 113 cm³/mol. The van der Waals surface area contributed by atoms with Crippen LogP contribution >= 0.6 is 11.3 Å². The van der Waals surface area contributed by atoms with Gasteiger partial charge < -0.3 is 10.2 Å². The van der Waals surface area contributed by atoms with Crippen LogP contribution in [-0.4, -0.2) is 23.8 Å². The number of carbonyl (C=O) groups excluding carboxylic acids is 2. The average Bonchev–Trinajstić information content (AvgIpc) is 3.48. The quantitative estimate of drug-likeness (QED) is 0.641. The summed E-state index contributed by atoms with van der Waals surface area (Å²) in [7, 11) is 1.81. The van der Waals surface area contributed by atoms with Gasteiger partial charge in [0.2, 0.25) is 5.91 Å². The van der Waals surface area contributed by atoms with Crippen LogP contribution in [-0.2, 0) is 11.3 Å². The van der Waals surface area contributed by atoms with Gasteiger partial charge in [0.05, 0.1) is 9.88 Å². The summed E-state index contributed by atoms with van der Waals surface area (Å²) in [5.74, 6) is 0.171. The molecule has 28 heavy (non-hydrogen) atoms. The number of hydrogen-bond acceptors (Lipinski definition) is 3. The van der Waals surface area contributed by atoms with Gasteiger partial charge in [-0.1, -0.05) is 54.6 Å². The van der Waals surface area contributed by atoms with Gasteiger partial charge >= 0.3 is 0 Å². The maximum atomic E-state index is 12.9. The SMILES string of the molecule is CN(Cc1ccccc1-c1ccccc1)C(=O)c1ccc(NC(=O)C2CC2)s1. The maximum Gasteiger partial charge on any atom is 0.264 e. The Kier molecular flexibility index (Phi) is 5.26. The van der Waals surface area contributed by atoms with Crippen molar-refractivity contribution >= 4 is 28.2 Å². The Bertz CT molecular complexity index is 993. The molecule has 1 aliphatic carbocycles. The number of anilines is 1. The molecule has 0 saturated heterocycles. The lowest BCUT2D eigenvalue weighted by atomic mass is 9.99. The van der Waals surface area contributed by atoms with Crippen molar-refractivity contribution in [2.45, 2.75) is 19.4 Å². The monoisotopic (exact) mass is 390 g/mol. The molecule has 1 aromatic heterocycles. The van der Waals surface area contributed by atoms with Crippen molar-refractivity contribution in [3.05, 3.63) is 77.2 Å². The van der Waals surface area contributed by atoms with Gasteiger partial charge in [-0.25, -0.2) is 0 Å². The molecule has 0 aliphatic heterocycles. The Labute approximate surface area is 168 Å². The lowest BCUT2D eigenvalue weighted by molar-refractivity contribution is -0.117. The molecule has 2 aromatic carbocycles. The van der Waals surface area contributed by atoms with E-state index in [1.165, 1.54) is 11.3 Å². The van der Waals surface area contributed by atoms with Gasteiger partial charge in [-0.05, 0) is 41.7 Å². The number of amides is 2. The Morgan fingerprint density at radius 2 is 1.71 bits per heavy atom. The molecule has 2 amide bonds. The number of nitrogens with zero attached hydrogens (tertiary/aromatic N) is 1. The first kappa shape index (κ1) is 18.4. The largest absolute Gasteiger partial charge is 0.337 e. The van der Waals surface area contributed by atoms with Crippen LogP contribution in [0.5, 0.6) is 0 Å². The fourth-order valence-corrected chi connectivity index (χ4v) is 4.07. The number of nitrogens with one attached hydrogen (secondary N) is 1. The van der Waals surface area contributed by atoms with E-state index in [0.29, 0.717) is 11.4 Å². The summed E-state index contributed by atoms with van der Waals surface area (Å²) >= 11 is 1.33. The molecule has 0 bridgehead atoms. The summed E-state index contributed by atoms with van der Waals surface area (Å²) in [6, 6.07) is 21.9. The van der Waals surface area contributed by atoms with Crippen molar-refractivity contribution in [1.82, 2.24) is 4.90 Å². The molecule has 1 saturated carbocycles. The molecule has 0 spiro atoms. The van der Waals surface area contributed by atoms with Gasteiger partial charge in [-0.2, -0.15) is 0 Å². The van der Waals surface area contributed by atoms with E-state index in [-0.39, 0.29) is 17.7 Å². The standard InChI is InChI=1S/C23H22N2O2S/c1-25(15-18-9-5-6-10-19(18)16-7-3-2-4-8-16)23(27)20-13-14-21(28-20)24-22(26)17-11-12-17/h2-10,13-14,17H,11-12,15H2,1H3,(H,24,26). The van der Waals surface area contributed by atoms with Gasteiger partial charge in [0.25, 0.3) is 5.91 Å². The summed E-state index contributed by atoms with van der Waals surface area (Å²) < 4.78 is 0. The first-order chi connectivity index (χ1) is 13.6. The fraction of sp³-hybridized carbons (Fsp3) is 0.217. The van der Waals surface area contributed by atoms with Crippen LogP contribution in [0.15, 0.2) is 66.7 Å². The van der Waals surface area contributed by atoms with Crippen molar-refractivity contribution in [2.24, 2.45) is 5.92 Å². The third-order valence-corrected chi connectivity index (χ3v) is 5.86. The van der Waals surface area contributed by atoms with E-state index in [1.54, 1.807) is 11.0 Å². The van der Waals surface area contributed by atoms with Crippen molar-refractivity contribution in [3.63, 3.8) is 0 Å². The van der Waals surface area contributed by atoms with Gasteiger partial charge in [-0.15, -0.1) is 11.3 Å². The predicted octanol–water partition coefficient (Wildman–Crippen LogP) is 5.04.